The summed E-state index contributed by atoms with van der Waals surface area (Å²) in [5.41, 5.74) is 0. The normalized spacial score (nSPS) is 13.1. The number of hydrogen-bond donors (Lipinski definition) is 0. The molecule has 0 aliphatic heterocycles. The van der Waals surface area contributed by atoms with Crippen LogP contribution < -0.4 is 0 Å². The van der Waals surface area contributed by atoms with E-state index in [1.807, 2.05) is 7.05 Å². The van der Waals surface area contributed by atoms with Crippen molar-refractivity contribution in [3.05, 3.63) is 0 Å². The Labute approximate surface area is 63.4 Å². The van der Waals surface area contributed by atoms with Crippen molar-refractivity contribution in [2.24, 2.45) is 5.92 Å². The van der Waals surface area contributed by atoms with Gasteiger partial charge in [-0.05, 0) is 20.0 Å². The summed E-state index contributed by atoms with van der Waals surface area (Å²) in [5.74, 6) is 0.213. The maximum absolute atomic E-state index is 8.59. The van der Waals surface area contributed by atoms with Gasteiger partial charge >= 0.3 is 0 Å². The third-order valence-electron chi connectivity index (χ3n) is 1.75. The van der Waals surface area contributed by atoms with Crippen molar-refractivity contribution in [2.75, 3.05) is 20.1 Å². The summed E-state index contributed by atoms with van der Waals surface area (Å²) in [6.07, 6.45) is 0.959. The molecule has 0 aromatic heterocycles. The SMILES string of the molecule is CCC(C#N)CN(C)CC. The molecule has 1 atom stereocenters. The molecule has 0 rings (SSSR count). The van der Waals surface area contributed by atoms with E-state index in [0.29, 0.717) is 0 Å². The lowest BCUT2D eigenvalue weighted by Gasteiger charge is -2.15. The molecule has 0 aromatic rings. The van der Waals surface area contributed by atoms with Crippen LogP contribution in [0.15, 0.2) is 0 Å². The molecule has 58 valence electrons. The van der Waals surface area contributed by atoms with Crippen LogP contribution in [-0.4, -0.2) is 25.0 Å². The average Bonchev–Trinajstić information content (AvgIpc) is 1.99. The summed E-state index contributed by atoms with van der Waals surface area (Å²) in [5, 5.41) is 8.59. The van der Waals surface area contributed by atoms with Crippen LogP contribution in [0.5, 0.6) is 0 Å². The lowest BCUT2D eigenvalue weighted by Crippen LogP contribution is -2.24. The maximum Gasteiger partial charge on any atom is 0.0669 e. The van der Waals surface area contributed by atoms with Crippen LogP contribution in [0.4, 0.5) is 0 Å². The Morgan fingerprint density at radius 3 is 2.40 bits per heavy atom. The quantitative estimate of drug-likeness (QED) is 0.591. The first-order chi connectivity index (χ1) is 4.74. The molecule has 0 fully saturated rings. The molecule has 0 amide bonds. The van der Waals surface area contributed by atoms with E-state index >= 15 is 0 Å². The fraction of sp³-hybridized carbons (Fsp3) is 0.875. The van der Waals surface area contributed by atoms with Gasteiger partial charge < -0.3 is 4.90 Å². The summed E-state index contributed by atoms with van der Waals surface area (Å²) in [7, 11) is 2.04. The minimum absolute atomic E-state index is 0.213. The van der Waals surface area contributed by atoms with Crippen molar-refractivity contribution in [1.82, 2.24) is 4.90 Å². The van der Waals surface area contributed by atoms with Gasteiger partial charge in [-0.3, -0.25) is 0 Å². The number of nitrogens with zero attached hydrogens (tertiary/aromatic N) is 2. The molecule has 0 aliphatic carbocycles. The third-order valence-corrected chi connectivity index (χ3v) is 1.75. The zero-order valence-electron chi connectivity index (χ0n) is 7.09. The first kappa shape index (κ1) is 9.45. The predicted octanol–water partition coefficient (Wildman–Crippen LogP) is 1.49. The standard InChI is InChI=1S/C8H16N2/c1-4-8(6-9)7-10(3)5-2/h8H,4-5,7H2,1-3H3. The lowest BCUT2D eigenvalue weighted by atomic mass is 10.1. The molecular weight excluding hydrogens is 124 g/mol. The van der Waals surface area contributed by atoms with Gasteiger partial charge in [0.2, 0.25) is 0 Å². The maximum atomic E-state index is 8.59. The Kier molecular flexibility index (Phi) is 4.96. The average molecular weight is 140 g/mol. The lowest BCUT2D eigenvalue weighted by molar-refractivity contribution is 0.314. The molecule has 0 saturated carbocycles. The zero-order chi connectivity index (χ0) is 7.98. The van der Waals surface area contributed by atoms with Gasteiger partial charge in [-0.25, -0.2) is 0 Å². The van der Waals surface area contributed by atoms with E-state index in [4.69, 9.17) is 5.26 Å². The summed E-state index contributed by atoms with van der Waals surface area (Å²) < 4.78 is 0. The van der Waals surface area contributed by atoms with Crippen LogP contribution in [0.25, 0.3) is 0 Å². The smallest absolute Gasteiger partial charge is 0.0669 e. The van der Waals surface area contributed by atoms with Crippen molar-refractivity contribution in [1.29, 1.82) is 5.26 Å². The van der Waals surface area contributed by atoms with Gasteiger partial charge in [0.25, 0.3) is 0 Å². The minimum atomic E-state index is 0.213. The van der Waals surface area contributed by atoms with Crippen LogP contribution >= 0.6 is 0 Å². The van der Waals surface area contributed by atoms with E-state index in [9.17, 15) is 0 Å². The number of rotatable bonds is 4. The highest BCUT2D eigenvalue weighted by molar-refractivity contribution is 4.83. The van der Waals surface area contributed by atoms with Crippen molar-refractivity contribution in [3.63, 3.8) is 0 Å². The molecule has 0 heterocycles. The first-order valence-corrected chi connectivity index (χ1v) is 3.82. The van der Waals surface area contributed by atoms with Crippen molar-refractivity contribution in [3.8, 4) is 6.07 Å². The zero-order valence-corrected chi connectivity index (χ0v) is 7.09. The number of hydrogen-bond acceptors (Lipinski definition) is 2. The molecule has 0 radical (unpaired) electrons. The largest absolute Gasteiger partial charge is 0.305 e. The van der Waals surface area contributed by atoms with Crippen LogP contribution in [-0.2, 0) is 0 Å². The van der Waals surface area contributed by atoms with E-state index in [-0.39, 0.29) is 5.92 Å². The Morgan fingerprint density at radius 1 is 1.50 bits per heavy atom. The van der Waals surface area contributed by atoms with Gasteiger partial charge in [-0.1, -0.05) is 13.8 Å². The summed E-state index contributed by atoms with van der Waals surface area (Å²) in [4.78, 5) is 2.16. The predicted molar refractivity (Wildman–Crippen MR) is 42.6 cm³/mol. The molecule has 10 heavy (non-hydrogen) atoms. The Balaban J connectivity index is 3.54. The van der Waals surface area contributed by atoms with Crippen LogP contribution in [0.2, 0.25) is 0 Å². The molecule has 0 saturated heterocycles. The van der Waals surface area contributed by atoms with Gasteiger partial charge in [0.15, 0.2) is 0 Å². The van der Waals surface area contributed by atoms with Crippen LogP contribution in [0.3, 0.4) is 0 Å². The molecule has 0 bridgehead atoms. The highest BCUT2D eigenvalue weighted by atomic mass is 15.1. The molecule has 2 nitrogen and oxygen atoms in total. The van der Waals surface area contributed by atoms with Gasteiger partial charge in [0.1, 0.15) is 0 Å². The van der Waals surface area contributed by atoms with Gasteiger partial charge in [-0.2, -0.15) is 5.26 Å². The fourth-order valence-electron chi connectivity index (χ4n) is 0.767. The molecule has 1 unspecified atom stereocenters. The molecule has 2 heteroatoms. The molecule has 0 aromatic carbocycles. The Hall–Kier alpha value is -0.550. The monoisotopic (exact) mass is 140 g/mol. The summed E-state index contributed by atoms with van der Waals surface area (Å²) >= 11 is 0. The van der Waals surface area contributed by atoms with Crippen molar-refractivity contribution < 1.29 is 0 Å². The number of nitriles is 1. The van der Waals surface area contributed by atoms with E-state index in [1.165, 1.54) is 0 Å². The highest BCUT2D eigenvalue weighted by Crippen LogP contribution is 2.01. The molecule has 0 aliphatic rings. The van der Waals surface area contributed by atoms with Crippen LogP contribution in [0.1, 0.15) is 20.3 Å². The second kappa shape index (κ2) is 5.25. The third kappa shape index (κ3) is 3.47. The molecule has 0 N–H and O–H groups in total. The Morgan fingerprint density at radius 2 is 2.10 bits per heavy atom. The van der Waals surface area contributed by atoms with Gasteiger partial charge in [-0.15, -0.1) is 0 Å². The van der Waals surface area contributed by atoms with Gasteiger partial charge in [0.05, 0.1) is 12.0 Å². The van der Waals surface area contributed by atoms with E-state index < -0.39 is 0 Å². The molecule has 0 spiro atoms. The molecular formula is C8H16N2. The van der Waals surface area contributed by atoms with E-state index in [1.54, 1.807) is 0 Å². The van der Waals surface area contributed by atoms with E-state index in [0.717, 1.165) is 19.5 Å². The topological polar surface area (TPSA) is 27.0 Å². The van der Waals surface area contributed by atoms with Crippen molar-refractivity contribution >= 4 is 0 Å². The van der Waals surface area contributed by atoms with Gasteiger partial charge in [0, 0.05) is 6.54 Å². The van der Waals surface area contributed by atoms with E-state index in [2.05, 4.69) is 24.8 Å². The summed E-state index contributed by atoms with van der Waals surface area (Å²) in [6, 6.07) is 2.28. The highest BCUT2D eigenvalue weighted by Gasteiger charge is 2.05. The first-order valence-electron chi connectivity index (χ1n) is 3.82. The second-order valence-electron chi connectivity index (χ2n) is 2.59. The Bertz CT molecular complexity index is 115. The minimum Gasteiger partial charge on any atom is -0.305 e. The second-order valence-corrected chi connectivity index (χ2v) is 2.59. The van der Waals surface area contributed by atoms with Crippen molar-refractivity contribution in [2.45, 2.75) is 20.3 Å². The fourth-order valence-corrected chi connectivity index (χ4v) is 0.767. The van der Waals surface area contributed by atoms with Crippen LogP contribution in [0, 0.1) is 17.2 Å². The summed E-state index contributed by atoms with van der Waals surface area (Å²) in [6.45, 7) is 6.09.